The van der Waals surface area contributed by atoms with Gasteiger partial charge in [-0.15, -0.1) is 10.2 Å². The van der Waals surface area contributed by atoms with Crippen LogP contribution in [-0.4, -0.2) is 36.5 Å². The zero-order valence-corrected chi connectivity index (χ0v) is 19.9. The lowest BCUT2D eigenvalue weighted by molar-refractivity contribution is 0.0943. The Hall–Kier alpha value is -2.73. The molecule has 3 aromatic rings. The maximum Gasteiger partial charge on any atom is 0.291 e. The molecule has 1 aromatic heterocycles. The highest BCUT2D eigenvalue weighted by Crippen LogP contribution is 2.26. The van der Waals surface area contributed by atoms with E-state index in [2.05, 4.69) is 25.6 Å². The first-order chi connectivity index (χ1) is 15.1. The largest absolute Gasteiger partial charge is 0.350 e. The number of nitrogens with one attached hydrogen (secondary N) is 3. The predicted molar refractivity (Wildman–Crippen MR) is 124 cm³/mol. The molecule has 9 nitrogen and oxygen atoms in total. The maximum atomic E-state index is 12.8. The van der Waals surface area contributed by atoms with E-state index in [1.807, 2.05) is 0 Å². The molecular weight excluding hydrogens is 497 g/mol. The third-order valence-electron chi connectivity index (χ3n) is 3.87. The molecule has 13 heteroatoms. The van der Waals surface area contributed by atoms with Gasteiger partial charge in [0.2, 0.25) is 5.13 Å². The van der Waals surface area contributed by atoms with Crippen LogP contribution in [0.5, 0.6) is 0 Å². The van der Waals surface area contributed by atoms with Crippen LogP contribution in [0.4, 0.5) is 10.8 Å². The van der Waals surface area contributed by atoms with Crippen LogP contribution in [-0.2, 0) is 10.0 Å². The molecule has 0 atom stereocenters. The fraction of sp³-hybridized carbons (Fsp3) is 0.158. The highest BCUT2D eigenvalue weighted by Gasteiger charge is 2.24. The van der Waals surface area contributed by atoms with Crippen LogP contribution in [0.2, 0.25) is 10.0 Å². The third-order valence-corrected chi connectivity index (χ3v) is 6.99. The quantitative estimate of drug-likeness (QED) is 0.408. The first-order valence-corrected chi connectivity index (χ1v) is 12.1. The number of sulfonamides is 1. The zero-order chi connectivity index (χ0) is 23.5. The molecule has 0 bridgehead atoms. The van der Waals surface area contributed by atoms with E-state index < -0.39 is 26.2 Å². The van der Waals surface area contributed by atoms with Crippen LogP contribution in [0.1, 0.15) is 34.6 Å². The normalized spacial score (nSPS) is 11.3. The lowest BCUT2D eigenvalue weighted by Gasteiger charge is -2.13. The minimum absolute atomic E-state index is 0.0489. The minimum atomic E-state index is -4.17. The SMILES string of the molecule is CC(C)NC(=O)c1ccccc1NS(=O)(=O)c1nnc(NC(=O)c2ccc(Cl)cc2Cl)s1. The Labute approximate surface area is 198 Å². The summed E-state index contributed by atoms with van der Waals surface area (Å²) < 4.78 is 27.5. The van der Waals surface area contributed by atoms with Gasteiger partial charge in [-0.2, -0.15) is 8.42 Å². The van der Waals surface area contributed by atoms with Crippen LogP contribution < -0.4 is 15.4 Å². The van der Waals surface area contributed by atoms with Gasteiger partial charge < -0.3 is 5.32 Å². The van der Waals surface area contributed by atoms with E-state index in [0.29, 0.717) is 16.4 Å². The molecule has 0 fully saturated rings. The average molecular weight is 514 g/mol. The van der Waals surface area contributed by atoms with Crippen molar-refractivity contribution in [1.29, 1.82) is 0 Å². The van der Waals surface area contributed by atoms with E-state index in [4.69, 9.17) is 23.2 Å². The van der Waals surface area contributed by atoms with Gasteiger partial charge in [-0.25, -0.2) is 0 Å². The van der Waals surface area contributed by atoms with Gasteiger partial charge in [0, 0.05) is 11.1 Å². The summed E-state index contributed by atoms with van der Waals surface area (Å²) in [4.78, 5) is 24.8. The number of nitrogens with zero attached hydrogens (tertiary/aromatic N) is 2. The van der Waals surface area contributed by atoms with Crippen LogP contribution in [0, 0.1) is 0 Å². The number of carbonyl (C=O) groups is 2. The lowest BCUT2D eigenvalue weighted by Crippen LogP contribution is -2.31. The summed E-state index contributed by atoms with van der Waals surface area (Å²) in [6, 6.07) is 10.4. The van der Waals surface area contributed by atoms with E-state index in [0.717, 1.165) is 0 Å². The average Bonchev–Trinajstić information content (AvgIpc) is 3.17. The molecule has 2 amide bonds. The fourth-order valence-corrected chi connectivity index (χ4v) is 4.98. The van der Waals surface area contributed by atoms with Crippen LogP contribution >= 0.6 is 34.5 Å². The van der Waals surface area contributed by atoms with Crippen molar-refractivity contribution in [3.8, 4) is 0 Å². The summed E-state index contributed by atoms with van der Waals surface area (Å²) in [7, 11) is -4.17. The maximum absolute atomic E-state index is 12.8. The summed E-state index contributed by atoms with van der Waals surface area (Å²) >= 11 is 12.5. The van der Waals surface area contributed by atoms with E-state index in [-0.39, 0.29) is 33.0 Å². The highest BCUT2D eigenvalue weighted by molar-refractivity contribution is 7.94. The summed E-state index contributed by atoms with van der Waals surface area (Å²) in [6.45, 7) is 3.58. The number of aromatic nitrogens is 2. The van der Waals surface area contributed by atoms with Crippen molar-refractivity contribution >= 4 is 67.2 Å². The molecule has 32 heavy (non-hydrogen) atoms. The molecule has 0 unspecified atom stereocenters. The number of amides is 2. The summed E-state index contributed by atoms with van der Waals surface area (Å²) in [5, 5.41) is 12.9. The molecular formula is C19H17Cl2N5O4S2. The molecule has 0 saturated carbocycles. The van der Waals surface area contributed by atoms with Gasteiger partial charge in [0.1, 0.15) is 0 Å². The number of hydrogen-bond donors (Lipinski definition) is 3. The number of carbonyl (C=O) groups excluding carboxylic acids is 2. The van der Waals surface area contributed by atoms with Gasteiger partial charge >= 0.3 is 0 Å². The zero-order valence-electron chi connectivity index (χ0n) is 16.7. The topological polar surface area (TPSA) is 130 Å². The molecule has 168 valence electrons. The number of benzene rings is 2. The Balaban J connectivity index is 1.79. The Morgan fingerprint density at radius 2 is 1.72 bits per heavy atom. The van der Waals surface area contributed by atoms with E-state index in [9.17, 15) is 18.0 Å². The first-order valence-electron chi connectivity index (χ1n) is 9.09. The summed E-state index contributed by atoms with van der Waals surface area (Å²) in [5.74, 6) is -1.03. The minimum Gasteiger partial charge on any atom is -0.350 e. The molecule has 0 spiro atoms. The first kappa shape index (κ1) is 23.9. The van der Waals surface area contributed by atoms with Crippen molar-refractivity contribution in [2.75, 3.05) is 10.0 Å². The highest BCUT2D eigenvalue weighted by atomic mass is 35.5. The van der Waals surface area contributed by atoms with Gasteiger partial charge in [-0.1, -0.05) is 46.7 Å². The Morgan fingerprint density at radius 3 is 2.41 bits per heavy atom. The number of hydrogen-bond acceptors (Lipinski definition) is 7. The predicted octanol–water partition coefficient (Wildman–Crippen LogP) is 4.04. The number of para-hydroxylation sites is 1. The van der Waals surface area contributed by atoms with Crippen LogP contribution in [0.3, 0.4) is 0 Å². The van der Waals surface area contributed by atoms with Gasteiger partial charge in [0.15, 0.2) is 0 Å². The molecule has 0 aliphatic heterocycles. The molecule has 0 aliphatic rings. The summed E-state index contributed by atoms with van der Waals surface area (Å²) in [6.07, 6.45) is 0. The Morgan fingerprint density at radius 1 is 1.00 bits per heavy atom. The van der Waals surface area contributed by atoms with Crippen LogP contribution in [0.15, 0.2) is 46.8 Å². The van der Waals surface area contributed by atoms with Gasteiger partial charge in [0.25, 0.3) is 26.2 Å². The molecule has 3 rings (SSSR count). The van der Waals surface area contributed by atoms with Crippen molar-refractivity contribution in [1.82, 2.24) is 15.5 Å². The molecule has 2 aromatic carbocycles. The van der Waals surface area contributed by atoms with E-state index in [1.54, 1.807) is 26.0 Å². The van der Waals surface area contributed by atoms with E-state index >= 15 is 0 Å². The standard InChI is InChI=1S/C19H17Cl2N5O4S2/c1-10(2)22-17(28)13-5-3-4-6-15(13)26-32(29,30)19-25-24-18(31-19)23-16(27)12-8-7-11(20)9-14(12)21/h3-10,26H,1-2H3,(H,22,28)(H,23,24,27). The number of anilines is 2. The smallest absolute Gasteiger partial charge is 0.291 e. The Bertz CT molecular complexity index is 1280. The monoisotopic (exact) mass is 513 g/mol. The summed E-state index contributed by atoms with van der Waals surface area (Å²) in [5.41, 5.74) is 0.374. The Kier molecular flexibility index (Phi) is 7.34. The van der Waals surface area contributed by atoms with Gasteiger partial charge in [-0.05, 0) is 44.2 Å². The number of halogens is 2. The van der Waals surface area contributed by atoms with Crippen molar-refractivity contribution in [2.24, 2.45) is 0 Å². The van der Waals surface area contributed by atoms with Crippen molar-refractivity contribution in [2.45, 2.75) is 24.2 Å². The van der Waals surface area contributed by atoms with Gasteiger partial charge in [0.05, 0.1) is 21.8 Å². The fourth-order valence-electron chi connectivity index (χ4n) is 2.51. The third kappa shape index (κ3) is 5.74. The second kappa shape index (κ2) is 9.82. The van der Waals surface area contributed by atoms with Crippen molar-refractivity contribution < 1.29 is 18.0 Å². The molecule has 0 aliphatic carbocycles. The van der Waals surface area contributed by atoms with E-state index in [1.165, 1.54) is 30.3 Å². The molecule has 3 N–H and O–H groups in total. The molecule has 1 heterocycles. The number of rotatable bonds is 7. The van der Waals surface area contributed by atoms with Gasteiger partial charge in [-0.3, -0.25) is 19.6 Å². The second-order valence-corrected chi connectivity index (χ2v) is 10.4. The molecule has 0 radical (unpaired) electrons. The lowest BCUT2D eigenvalue weighted by atomic mass is 10.1. The van der Waals surface area contributed by atoms with Crippen LogP contribution in [0.25, 0.3) is 0 Å². The van der Waals surface area contributed by atoms with Crippen molar-refractivity contribution in [3.63, 3.8) is 0 Å². The van der Waals surface area contributed by atoms with Crippen molar-refractivity contribution in [3.05, 3.63) is 63.6 Å². The second-order valence-electron chi connectivity index (χ2n) is 6.73. The molecule has 0 saturated heterocycles.